The van der Waals surface area contributed by atoms with Gasteiger partial charge in [-0.3, -0.25) is 0 Å². The van der Waals surface area contributed by atoms with Gasteiger partial charge < -0.3 is 5.32 Å². The summed E-state index contributed by atoms with van der Waals surface area (Å²) in [6.07, 6.45) is 5.52. The second-order valence-corrected chi connectivity index (χ2v) is 5.45. The normalized spacial score (nSPS) is 25.4. The van der Waals surface area contributed by atoms with Crippen LogP contribution in [0.5, 0.6) is 0 Å². The van der Waals surface area contributed by atoms with Crippen molar-refractivity contribution in [1.29, 1.82) is 0 Å². The lowest BCUT2D eigenvalue weighted by Gasteiger charge is -2.26. The summed E-state index contributed by atoms with van der Waals surface area (Å²) in [4.78, 5) is 0. The molecule has 0 atom stereocenters. The first-order valence-electron chi connectivity index (χ1n) is 6.23. The van der Waals surface area contributed by atoms with E-state index < -0.39 is 0 Å². The Labute approximate surface area is 103 Å². The molecule has 1 nitrogen and oxygen atoms in total. The molecular formula is C14H20ClN. The second-order valence-electron chi connectivity index (χ2n) is 5.02. The Hall–Kier alpha value is -0.690. The molecule has 1 saturated carbocycles. The summed E-state index contributed by atoms with van der Waals surface area (Å²) in [6.45, 7) is 3.45. The van der Waals surface area contributed by atoms with Crippen molar-refractivity contribution in [3.8, 4) is 0 Å². The average Bonchev–Trinajstić information content (AvgIpc) is 2.28. The van der Waals surface area contributed by atoms with Crippen LogP contribution in [0.1, 0.15) is 32.6 Å². The van der Waals surface area contributed by atoms with Crippen molar-refractivity contribution in [2.75, 3.05) is 11.9 Å². The monoisotopic (exact) mass is 237 g/mol. The van der Waals surface area contributed by atoms with Gasteiger partial charge in [0.1, 0.15) is 0 Å². The Kier molecular flexibility index (Phi) is 4.11. The van der Waals surface area contributed by atoms with E-state index in [-0.39, 0.29) is 0 Å². The van der Waals surface area contributed by atoms with Crippen LogP contribution in [0.4, 0.5) is 5.69 Å². The molecule has 0 radical (unpaired) electrons. The summed E-state index contributed by atoms with van der Waals surface area (Å²) in [6, 6.07) is 7.98. The highest BCUT2D eigenvalue weighted by Crippen LogP contribution is 2.28. The third-order valence-electron chi connectivity index (χ3n) is 3.55. The van der Waals surface area contributed by atoms with E-state index in [0.717, 1.165) is 29.1 Å². The number of nitrogens with one attached hydrogen (secondary N) is 1. The van der Waals surface area contributed by atoms with Crippen molar-refractivity contribution in [1.82, 2.24) is 0 Å². The molecule has 0 amide bonds. The van der Waals surface area contributed by atoms with Crippen LogP contribution in [0.25, 0.3) is 0 Å². The highest BCUT2D eigenvalue weighted by Gasteiger charge is 2.17. The predicted molar refractivity (Wildman–Crippen MR) is 71.1 cm³/mol. The van der Waals surface area contributed by atoms with Crippen LogP contribution >= 0.6 is 11.6 Å². The molecule has 0 heterocycles. The Morgan fingerprint density at radius 2 is 2.00 bits per heavy atom. The van der Waals surface area contributed by atoms with Crippen LogP contribution in [-0.2, 0) is 0 Å². The SMILES string of the molecule is CC1CCC(CNc2cccc(Cl)c2)CC1. The Morgan fingerprint density at radius 1 is 1.25 bits per heavy atom. The topological polar surface area (TPSA) is 12.0 Å². The Bertz CT molecular complexity index is 329. The fraction of sp³-hybridized carbons (Fsp3) is 0.571. The van der Waals surface area contributed by atoms with Crippen molar-refractivity contribution in [2.45, 2.75) is 32.6 Å². The van der Waals surface area contributed by atoms with E-state index in [9.17, 15) is 0 Å². The molecule has 1 aliphatic rings. The highest BCUT2D eigenvalue weighted by molar-refractivity contribution is 6.30. The standard InChI is InChI=1S/C14H20ClN/c1-11-5-7-12(8-6-11)10-16-14-4-2-3-13(15)9-14/h2-4,9,11-12,16H,5-8,10H2,1H3. The van der Waals surface area contributed by atoms with Crippen molar-refractivity contribution < 1.29 is 0 Å². The van der Waals surface area contributed by atoms with Crippen LogP contribution in [0, 0.1) is 11.8 Å². The predicted octanol–water partition coefficient (Wildman–Crippen LogP) is 4.58. The molecule has 1 aromatic carbocycles. The summed E-state index contributed by atoms with van der Waals surface area (Å²) >= 11 is 5.95. The summed E-state index contributed by atoms with van der Waals surface area (Å²) in [5, 5.41) is 4.29. The van der Waals surface area contributed by atoms with Gasteiger partial charge in [0.25, 0.3) is 0 Å². The Balaban J connectivity index is 1.79. The second kappa shape index (κ2) is 5.58. The van der Waals surface area contributed by atoms with Gasteiger partial charge in [0.15, 0.2) is 0 Å². The molecule has 0 aliphatic heterocycles. The lowest BCUT2D eigenvalue weighted by molar-refractivity contribution is 0.300. The van der Waals surface area contributed by atoms with Gasteiger partial charge in [0, 0.05) is 17.3 Å². The van der Waals surface area contributed by atoms with E-state index in [4.69, 9.17) is 11.6 Å². The summed E-state index contributed by atoms with van der Waals surface area (Å²) in [5.74, 6) is 1.78. The molecule has 16 heavy (non-hydrogen) atoms. The lowest BCUT2D eigenvalue weighted by atomic mass is 9.83. The molecule has 1 N–H and O–H groups in total. The minimum atomic E-state index is 0.808. The van der Waals surface area contributed by atoms with Gasteiger partial charge in [-0.05, 0) is 42.9 Å². The third-order valence-corrected chi connectivity index (χ3v) is 3.79. The van der Waals surface area contributed by atoms with E-state index in [1.807, 2.05) is 18.2 Å². The number of halogens is 1. The molecule has 0 unspecified atom stereocenters. The zero-order valence-electron chi connectivity index (χ0n) is 9.88. The number of hydrogen-bond acceptors (Lipinski definition) is 1. The van der Waals surface area contributed by atoms with E-state index in [1.165, 1.54) is 25.7 Å². The van der Waals surface area contributed by atoms with Crippen LogP contribution < -0.4 is 5.32 Å². The smallest absolute Gasteiger partial charge is 0.0426 e. The van der Waals surface area contributed by atoms with Gasteiger partial charge in [0.05, 0.1) is 0 Å². The van der Waals surface area contributed by atoms with Gasteiger partial charge in [-0.2, -0.15) is 0 Å². The van der Waals surface area contributed by atoms with Crippen molar-refractivity contribution >= 4 is 17.3 Å². The van der Waals surface area contributed by atoms with Crippen LogP contribution in [0.15, 0.2) is 24.3 Å². The number of hydrogen-bond donors (Lipinski definition) is 1. The molecule has 0 saturated heterocycles. The zero-order chi connectivity index (χ0) is 11.4. The number of rotatable bonds is 3. The molecule has 1 aliphatic carbocycles. The maximum Gasteiger partial charge on any atom is 0.0426 e. The quantitative estimate of drug-likeness (QED) is 0.812. The molecule has 1 aromatic rings. The largest absolute Gasteiger partial charge is 0.385 e. The van der Waals surface area contributed by atoms with E-state index in [1.54, 1.807) is 0 Å². The third kappa shape index (κ3) is 3.41. The van der Waals surface area contributed by atoms with Gasteiger partial charge in [-0.15, -0.1) is 0 Å². The minimum absolute atomic E-state index is 0.808. The highest BCUT2D eigenvalue weighted by atomic mass is 35.5. The molecule has 0 spiro atoms. The van der Waals surface area contributed by atoms with Crippen molar-refractivity contribution in [2.24, 2.45) is 11.8 Å². The van der Waals surface area contributed by atoms with Crippen LogP contribution in [0.3, 0.4) is 0 Å². The first kappa shape index (κ1) is 11.8. The number of benzene rings is 1. The van der Waals surface area contributed by atoms with Gasteiger partial charge in [-0.1, -0.05) is 37.4 Å². The zero-order valence-corrected chi connectivity index (χ0v) is 10.6. The van der Waals surface area contributed by atoms with Crippen LogP contribution in [-0.4, -0.2) is 6.54 Å². The summed E-state index contributed by atoms with van der Waals surface area (Å²) < 4.78 is 0. The summed E-state index contributed by atoms with van der Waals surface area (Å²) in [5.41, 5.74) is 1.14. The van der Waals surface area contributed by atoms with Crippen molar-refractivity contribution in [3.05, 3.63) is 29.3 Å². The average molecular weight is 238 g/mol. The molecule has 88 valence electrons. The van der Waals surface area contributed by atoms with E-state index >= 15 is 0 Å². The minimum Gasteiger partial charge on any atom is -0.385 e. The van der Waals surface area contributed by atoms with Gasteiger partial charge in [0.2, 0.25) is 0 Å². The van der Waals surface area contributed by atoms with Gasteiger partial charge >= 0.3 is 0 Å². The maximum absolute atomic E-state index is 5.95. The first-order chi connectivity index (χ1) is 7.74. The molecule has 1 fully saturated rings. The molecule has 2 heteroatoms. The molecular weight excluding hydrogens is 218 g/mol. The summed E-state index contributed by atoms with van der Waals surface area (Å²) in [7, 11) is 0. The van der Waals surface area contributed by atoms with Crippen molar-refractivity contribution in [3.63, 3.8) is 0 Å². The number of anilines is 1. The fourth-order valence-electron chi connectivity index (χ4n) is 2.39. The van der Waals surface area contributed by atoms with Gasteiger partial charge in [-0.25, -0.2) is 0 Å². The van der Waals surface area contributed by atoms with E-state index in [2.05, 4.69) is 18.3 Å². The molecule has 0 aromatic heterocycles. The van der Waals surface area contributed by atoms with E-state index in [0.29, 0.717) is 0 Å². The van der Waals surface area contributed by atoms with Crippen LogP contribution in [0.2, 0.25) is 5.02 Å². The lowest BCUT2D eigenvalue weighted by Crippen LogP contribution is -2.20. The molecule has 2 rings (SSSR count). The molecule has 0 bridgehead atoms. The Morgan fingerprint density at radius 3 is 2.69 bits per heavy atom. The first-order valence-corrected chi connectivity index (χ1v) is 6.61. The maximum atomic E-state index is 5.95. The fourth-order valence-corrected chi connectivity index (χ4v) is 2.58.